The van der Waals surface area contributed by atoms with Crippen molar-refractivity contribution in [3.8, 4) is 0 Å². The summed E-state index contributed by atoms with van der Waals surface area (Å²) in [5.41, 5.74) is 6.40. The Morgan fingerprint density at radius 3 is 2.85 bits per heavy atom. The maximum atomic E-state index is 12.7. The second kappa shape index (κ2) is 7.77. The van der Waals surface area contributed by atoms with Gasteiger partial charge in [0.15, 0.2) is 0 Å². The third-order valence-electron chi connectivity index (χ3n) is 4.34. The van der Waals surface area contributed by atoms with E-state index in [2.05, 4.69) is 20.2 Å². The van der Waals surface area contributed by atoms with E-state index in [-0.39, 0.29) is 18.7 Å². The Hall–Kier alpha value is -1.91. The van der Waals surface area contributed by atoms with Gasteiger partial charge in [-0.15, -0.1) is 11.3 Å². The largest absolute Gasteiger partial charge is 0.425 e. The first-order chi connectivity index (χ1) is 12.4. The van der Waals surface area contributed by atoms with Crippen LogP contribution in [0.15, 0.2) is 23.8 Å². The van der Waals surface area contributed by atoms with Crippen LogP contribution in [0.1, 0.15) is 16.9 Å². The Kier molecular flexibility index (Phi) is 5.64. The predicted octanol–water partition coefficient (Wildman–Crippen LogP) is 2.72. The minimum Gasteiger partial charge on any atom is -0.380 e. The van der Waals surface area contributed by atoms with Crippen LogP contribution in [0.2, 0.25) is 0 Å². The van der Waals surface area contributed by atoms with Gasteiger partial charge in [0.25, 0.3) is 0 Å². The maximum Gasteiger partial charge on any atom is 0.425 e. The summed E-state index contributed by atoms with van der Waals surface area (Å²) in [4.78, 5) is 9.91. The molecule has 0 unspecified atom stereocenters. The van der Waals surface area contributed by atoms with E-state index in [1.54, 1.807) is 13.2 Å². The monoisotopic (exact) mass is 387 g/mol. The van der Waals surface area contributed by atoms with Gasteiger partial charge in [0, 0.05) is 38.9 Å². The molecular weight excluding hydrogens is 367 g/mol. The fourth-order valence-corrected chi connectivity index (χ4v) is 3.74. The summed E-state index contributed by atoms with van der Waals surface area (Å²) in [5.74, 6) is 1.27. The summed E-state index contributed by atoms with van der Waals surface area (Å²) in [7, 11) is 1.67. The van der Waals surface area contributed by atoms with Gasteiger partial charge in [0.2, 0.25) is 0 Å². The molecule has 1 saturated heterocycles. The first kappa shape index (κ1) is 18.9. The number of nitrogens with zero attached hydrogens (tertiary/aromatic N) is 3. The third kappa shape index (κ3) is 4.25. The molecule has 1 aliphatic heterocycles. The first-order valence-corrected chi connectivity index (χ1v) is 8.98. The zero-order valence-electron chi connectivity index (χ0n) is 14.2. The number of alkyl halides is 3. The Morgan fingerprint density at radius 2 is 2.19 bits per heavy atom. The molecule has 1 aliphatic rings. The molecule has 3 heterocycles. The Morgan fingerprint density at radius 1 is 1.38 bits per heavy atom. The number of nitrogens with two attached hydrogens (primary N) is 1. The number of ether oxygens (including phenoxy) is 1. The van der Waals surface area contributed by atoms with Crippen molar-refractivity contribution >= 4 is 23.0 Å². The molecule has 2 atom stereocenters. The number of halogens is 3. The fourth-order valence-electron chi connectivity index (χ4n) is 2.96. The number of anilines is 2. The van der Waals surface area contributed by atoms with Crippen LogP contribution in [0, 0.1) is 0 Å². The average molecular weight is 387 g/mol. The lowest BCUT2D eigenvalue weighted by Crippen LogP contribution is -2.36. The van der Waals surface area contributed by atoms with Crippen molar-refractivity contribution in [3.63, 3.8) is 0 Å². The van der Waals surface area contributed by atoms with Gasteiger partial charge in [0.1, 0.15) is 22.8 Å². The number of thiophene rings is 1. The van der Waals surface area contributed by atoms with Gasteiger partial charge in [-0.05, 0) is 23.4 Å². The van der Waals surface area contributed by atoms with Gasteiger partial charge in [-0.25, -0.2) is 9.97 Å². The lowest BCUT2D eigenvalue weighted by Gasteiger charge is -2.24. The number of rotatable bonds is 6. The molecule has 1 fully saturated rings. The van der Waals surface area contributed by atoms with Crippen molar-refractivity contribution in [1.82, 2.24) is 9.97 Å². The Balaban J connectivity index is 1.67. The van der Waals surface area contributed by atoms with Crippen LogP contribution in [0.5, 0.6) is 0 Å². The second-order valence-corrected chi connectivity index (χ2v) is 6.98. The Labute approximate surface area is 153 Å². The van der Waals surface area contributed by atoms with Crippen molar-refractivity contribution in [2.45, 2.75) is 31.3 Å². The van der Waals surface area contributed by atoms with E-state index < -0.39 is 11.1 Å². The standard InChI is InChI=1S/C16H20F3N5OS/c1-25-12-3-11(5-20)24(7-12)15-4-14(22-9-23-15)21-6-10-2-13(26-8-10)16(17,18)19/h2,4,8-9,11-12H,3,5-7,20H2,1H3,(H,21,22,23)/t11-,12-/m0/s1. The quantitative estimate of drug-likeness (QED) is 0.794. The van der Waals surface area contributed by atoms with Crippen LogP contribution in [-0.4, -0.2) is 42.3 Å². The lowest BCUT2D eigenvalue weighted by molar-refractivity contribution is -0.134. The van der Waals surface area contributed by atoms with Gasteiger partial charge in [-0.2, -0.15) is 13.2 Å². The fraction of sp³-hybridized carbons (Fsp3) is 0.500. The van der Waals surface area contributed by atoms with E-state index in [1.807, 2.05) is 0 Å². The molecule has 2 aromatic heterocycles. The van der Waals surface area contributed by atoms with E-state index in [4.69, 9.17) is 10.5 Å². The highest BCUT2D eigenvalue weighted by atomic mass is 32.1. The number of methoxy groups -OCH3 is 1. The zero-order chi connectivity index (χ0) is 18.7. The highest BCUT2D eigenvalue weighted by molar-refractivity contribution is 7.10. The smallest absolute Gasteiger partial charge is 0.380 e. The number of hydrogen-bond donors (Lipinski definition) is 2. The van der Waals surface area contributed by atoms with E-state index >= 15 is 0 Å². The third-order valence-corrected chi connectivity index (χ3v) is 5.36. The topological polar surface area (TPSA) is 76.3 Å². The summed E-state index contributed by atoms with van der Waals surface area (Å²) in [6.45, 7) is 1.43. The lowest BCUT2D eigenvalue weighted by atomic mass is 10.2. The molecule has 3 N–H and O–H groups in total. The van der Waals surface area contributed by atoms with Gasteiger partial charge in [-0.3, -0.25) is 0 Å². The molecule has 0 aromatic carbocycles. The Bertz CT molecular complexity index is 739. The molecule has 0 spiro atoms. The summed E-state index contributed by atoms with van der Waals surface area (Å²) in [5, 5.41) is 4.54. The molecular formula is C16H20F3N5OS. The average Bonchev–Trinajstić information content (AvgIpc) is 3.26. The van der Waals surface area contributed by atoms with Crippen molar-refractivity contribution in [3.05, 3.63) is 34.3 Å². The summed E-state index contributed by atoms with van der Waals surface area (Å²) >= 11 is 0.687. The molecule has 6 nitrogen and oxygen atoms in total. The van der Waals surface area contributed by atoms with Crippen molar-refractivity contribution in [2.75, 3.05) is 30.4 Å². The SMILES string of the molecule is CO[C@H]1C[C@@H](CN)N(c2cc(NCc3csc(C(F)(F)F)c3)ncn2)C1. The van der Waals surface area contributed by atoms with Crippen LogP contribution in [0.3, 0.4) is 0 Å². The molecule has 0 bridgehead atoms. The highest BCUT2D eigenvalue weighted by Crippen LogP contribution is 2.34. The number of aromatic nitrogens is 2. The zero-order valence-corrected chi connectivity index (χ0v) is 15.0. The second-order valence-electron chi connectivity index (χ2n) is 6.07. The van der Waals surface area contributed by atoms with Gasteiger partial charge in [-0.1, -0.05) is 0 Å². The summed E-state index contributed by atoms with van der Waals surface area (Å²) in [6, 6.07) is 3.06. The van der Waals surface area contributed by atoms with Crippen molar-refractivity contribution in [1.29, 1.82) is 0 Å². The minimum atomic E-state index is -4.31. The number of nitrogens with one attached hydrogen (secondary N) is 1. The molecule has 26 heavy (non-hydrogen) atoms. The van der Waals surface area contributed by atoms with Crippen LogP contribution >= 0.6 is 11.3 Å². The van der Waals surface area contributed by atoms with Crippen molar-refractivity contribution in [2.24, 2.45) is 5.73 Å². The van der Waals surface area contributed by atoms with Crippen LogP contribution in [0.4, 0.5) is 24.8 Å². The molecule has 0 saturated carbocycles. The van der Waals surface area contributed by atoms with Crippen LogP contribution in [0.25, 0.3) is 0 Å². The van der Waals surface area contributed by atoms with Gasteiger partial charge in [0.05, 0.1) is 6.10 Å². The molecule has 3 rings (SSSR count). The van der Waals surface area contributed by atoms with Crippen LogP contribution in [-0.2, 0) is 17.5 Å². The molecule has 142 valence electrons. The molecule has 10 heteroatoms. The molecule has 0 amide bonds. The van der Waals surface area contributed by atoms with E-state index in [0.29, 0.717) is 35.8 Å². The van der Waals surface area contributed by atoms with E-state index in [0.717, 1.165) is 18.3 Å². The number of hydrogen-bond acceptors (Lipinski definition) is 7. The maximum absolute atomic E-state index is 12.7. The molecule has 0 radical (unpaired) electrons. The molecule has 0 aliphatic carbocycles. The molecule has 2 aromatic rings. The predicted molar refractivity (Wildman–Crippen MR) is 94.3 cm³/mol. The van der Waals surface area contributed by atoms with Gasteiger partial charge >= 0.3 is 6.18 Å². The van der Waals surface area contributed by atoms with Crippen molar-refractivity contribution < 1.29 is 17.9 Å². The van der Waals surface area contributed by atoms with E-state index in [1.165, 1.54) is 11.7 Å². The van der Waals surface area contributed by atoms with E-state index in [9.17, 15) is 13.2 Å². The normalized spacial score (nSPS) is 20.6. The van der Waals surface area contributed by atoms with Gasteiger partial charge < -0.3 is 20.7 Å². The van der Waals surface area contributed by atoms with Crippen LogP contribution < -0.4 is 16.0 Å². The highest BCUT2D eigenvalue weighted by Gasteiger charge is 2.33. The first-order valence-electron chi connectivity index (χ1n) is 8.10. The minimum absolute atomic E-state index is 0.0986. The summed E-state index contributed by atoms with van der Waals surface area (Å²) < 4.78 is 43.4. The summed E-state index contributed by atoms with van der Waals surface area (Å²) in [6.07, 6.45) is -1.95.